The largest absolute Gasteiger partial charge is 0.416 e. The fraction of sp³-hybridized carbons (Fsp3) is 0.632. The molecule has 3 rings (SSSR count). The van der Waals surface area contributed by atoms with Gasteiger partial charge in [-0.1, -0.05) is 6.92 Å². The summed E-state index contributed by atoms with van der Waals surface area (Å²) < 4.78 is 64.7. The molecule has 162 valence electrons. The van der Waals surface area contributed by atoms with Gasteiger partial charge in [0.25, 0.3) is 0 Å². The molecule has 2 fully saturated rings. The highest BCUT2D eigenvalue weighted by molar-refractivity contribution is 7.89. The smallest absolute Gasteiger partial charge is 0.339 e. The molecular formula is C19H26F3N3O3S. The lowest BCUT2D eigenvalue weighted by atomic mass is 9.99. The van der Waals surface area contributed by atoms with Crippen LogP contribution in [-0.2, 0) is 21.0 Å². The van der Waals surface area contributed by atoms with Crippen LogP contribution in [0, 0.1) is 5.92 Å². The average molecular weight is 433 g/mol. The highest BCUT2D eigenvalue weighted by Crippen LogP contribution is 2.30. The quantitative estimate of drug-likeness (QED) is 0.731. The number of piperidine rings is 1. The lowest BCUT2D eigenvalue weighted by Gasteiger charge is -2.36. The molecule has 0 spiro atoms. The van der Waals surface area contributed by atoms with Crippen molar-refractivity contribution < 1.29 is 26.4 Å². The Hall–Kier alpha value is -1.65. The molecule has 0 atom stereocenters. The van der Waals surface area contributed by atoms with Gasteiger partial charge in [-0.3, -0.25) is 9.69 Å². The van der Waals surface area contributed by atoms with Crippen LogP contribution < -0.4 is 0 Å². The van der Waals surface area contributed by atoms with Crippen molar-refractivity contribution in [3.63, 3.8) is 0 Å². The first-order valence-electron chi connectivity index (χ1n) is 9.75. The van der Waals surface area contributed by atoms with Crippen molar-refractivity contribution in [2.24, 2.45) is 5.92 Å². The molecule has 0 N–H and O–H groups in total. The number of likely N-dealkylation sites (tertiary alicyclic amines) is 1. The molecule has 2 saturated heterocycles. The maximum atomic E-state index is 12.7. The Kier molecular flexibility index (Phi) is 6.54. The minimum absolute atomic E-state index is 0.00821. The van der Waals surface area contributed by atoms with E-state index < -0.39 is 21.8 Å². The Bertz CT molecular complexity index is 811. The zero-order chi connectivity index (χ0) is 21.2. The van der Waals surface area contributed by atoms with E-state index >= 15 is 0 Å². The van der Waals surface area contributed by atoms with Gasteiger partial charge in [0.2, 0.25) is 15.9 Å². The molecule has 1 amide bonds. The lowest BCUT2D eigenvalue weighted by Crippen LogP contribution is -2.53. The molecule has 0 saturated carbocycles. The van der Waals surface area contributed by atoms with Gasteiger partial charge >= 0.3 is 6.18 Å². The molecule has 1 aromatic carbocycles. The second kappa shape index (κ2) is 8.61. The van der Waals surface area contributed by atoms with E-state index in [0.717, 1.165) is 50.2 Å². The van der Waals surface area contributed by atoms with Crippen molar-refractivity contribution >= 4 is 15.9 Å². The molecule has 29 heavy (non-hydrogen) atoms. The summed E-state index contributed by atoms with van der Waals surface area (Å²) in [7, 11) is -3.89. The minimum atomic E-state index is -4.51. The zero-order valence-corrected chi connectivity index (χ0v) is 17.2. The van der Waals surface area contributed by atoms with Crippen molar-refractivity contribution in [3.8, 4) is 0 Å². The van der Waals surface area contributed by atoms with Crippen molar-refractivity contribution in [2.45, 2.75) is 30.8 Å². The Balaban J connectivity index is 1.56. The first-order chi connectivity index (χ1) is 13.6. The Morgan fingerprint density at radius 1 is 1.00 bits per heavy atom. The number of piperazine rings is 1. The van der Waals surface area contributed by atoms with Gasteiger partial charge < -0.3 is 4.90 Å². The Morgan fingerprint density at radius 2 is 1.55 bits per heavy atom. The standard InChI is InChI=1S/C19H26F3N3O3S/c1-15-6-8-23(9-7-15)14-18(26)24-10-12-25(13-11-24)29(27,28)17-4-2-16(3-5-17)19(20,21)22/h2-5,15H,6-14H2,1H3. The van der Waals surface area contributed by atoms with Gasteiger partial charge in [0, 0.05) is 26.2 Å². The fourth-order valence-corrected chi connectivity index (χ4v) is 5.08. The molecule has 2 aliphatic rings. The normalized spacial score (nSPS) is 20.8. The molecule has 6 nitrogen and oxygen atoms in total. The van der Waals surface area contributed by atoms with Crippen LogP contribution in [0.3, 0.4) is 0 Å². The highest BCUT2D eigenvalue weighted by Gasteiger charge is 2.33. The summed E-state index contributed by atoms with van der Waals surface area (Å²) in [6, 6.07) is 3.50. The number of carbonyl (C=O) groups excluding carboxylic acids is 1. The van der Waals surface area contributed by atoms with Gasteiger partial charge in [-0.15, -0.1) is 0 Å². The summed E-state index contributed by atoms with van der Waals surface area (Å²) >= 11 is 0. The molecule has 0 bridgehead atoms. The predicted octanol–water partition coefficient (Wildman–Crippen LogP) is 2.27. The second-order valence-electron chi connectivity index (χ2n) is 7.77. The number of alkyl halides is 3. The van der Waals surface area contributed by atoms with Crippen molar-refractivity contribution in [3.05, 3.63) is 29.8 Å². The molecule has 2 aliphatic heterocycles. The predicted molar refractivity (Wildman–Crippen MR) is 102 cm³/mol. The summed E-state index contributed by atoms with van der Waals surface area (Å²) in [6.07, 6.45) is -2.36. The van der Waals surface area contributed by atoms with E-state index in [-0.39, 0.29) is 37.0 Å². The van der Waals surface area contributed by atoms with E-state index in [1.165, 1.54) is 4.31 Å². The van der Waals surface area contributed by atoms with Gasteiger partial charge in [-0.05, 0) is 56.1 Å². The van der Waals surface area contributed by atoms with Crippen molar-refractivity contribution in [1.82, 2.24) is 14.1 Å². The van der Waals surface area contributed by atoms with E-state index in [2.05, 4.69) is 11.8 Å². The third kappa shape index (κ3) is 5.29. The molecule has 0 radical (unpaired) electrons. The molecule has 0 aliphatic carbocycles. The second-order valence-corrected chi connectivity index (χ2v) is 9.70. The third-order valence-electron chi connectivity index (χ3n) is 5.65. The maximum Gasteiger partial charge on any atom is 0.416 e. The third-order valence-corrected chi connectivity index (χ3v) is 7.56. The van der Waals surface area contributed by atoms with Crippen LogP contribution in [0.5, 0.6) is 0 Å². The zero-order valence-electron chi connectivity index (χ0n) is 16.4. The Labute approximate surface area is 169 Å². The van der Waals surface area contributed by atoms with E-state index in [1.54, 1.807) is 4.90 Å². The molecule has 2 heterocycles. The van der Waals surface area contributed by atoms with Gasteiger partial charge in [0.15, 0.2) is 0 Å². The summed E-state index contributed by atoms with van der Waals surface area (Å²) in [5.41, 5.74) is -0.890. The molecule has 0 unspecified atom stereocenters. The number of hydrogen-bond acceptors (Lipinski definition) is 4. The minimum Gasteiger partial charge on any atom is -0.339 e. The molecule has 1 aromatic rings. The summed E-state index contributed by atoms with van der Waals surface area (Å²) in [6.45, 7) is 5.17. The number of sulfonamides is 1. The average Bonchev–Trinajstić information content (AvgIpc) is 2.69. The van der Waals surface area contributed by atoms with Crippen LogP contribution in [-0.4, -0.2) is 74.2 Å². The first kappa shape index (κ1) is 22.0. The SMILES string of the molecule is CC1CCN(CC(=O)N2CCN(S(=O)(=O)c3ccc(C(F)(F)F)cc3)CC2)CC1. The number of benzene rings is 1. The van der Waals surface area contributed by atoms with E-state index in [9.17, 15) is 26.4 Å². The van der Waals surface area contributed by atoms with Crippen LogP contribution >= 0.6 is 0 Å². The maximum absolute atomic E-state index is 12.7. The van der Waals surface area contributed by atoms with Crippen molar-refractivity contribution in [2.75, 3.05) is 45.8 Å². The summed E-state index contributed by atoms with van der Waals surface area (Å²) in [5.74, 6) is 0.673. The number of nitrogens with zero attached hydrogens (tertiary/aromatic N) is 3. The van der Waals surface area contributed by atoms with Crippen LogP contribution in [0.15, 0.2) is 29.2 Å². The van der Waals surface area contributed by atoms with E-state index in [1.807, 2.05) is 0 Å². The number of rotatable bonds is 4. The topological polar surface area (TPSA) is 60.9 Å². The molecule has 0 aromatic heterocycles. The van der Waals surface area contributed by atoms with Crippen LogP contribution in [0.25, 0.3) is 0 Å². The molecular weight excluding hydrogens is 407 g/mol. The van der Waals surface area contributed by atoms with Gasteiger partial charge in [0.1, 0.15) is 0 Å². The van der Waals surface area contributed by atoms with Crippen LogP contribution in [0.2, 0.25) is 0 Å². The van der Waals surface area contributed by atoms with E-state index in [0.29, 0.717) is 12.5 Å². The van der Waals surface area contributed by atoms with E-state index in [4.69, 9.17) is 0 Å². The Morgan fingerprint density at radius 3 is 2.07 bits per heavy atom. The molecule has 10 heteroatoms. The van der Waals surface area contributed by atoms with Gasteiger partial charge in [-0.2, -0.15) is 17.5 Å². The lowest BCUT2D eigenvalue weighted by molar-refractivity contribution is -0.137. The first-order valence-corrected chi connectivity index (χ1v) is 11.2. The number of halogens is 3. The monoisotopic (exact) mass is 433 g/mol. The number of carbonyl (C=O) groups is 1. The number of hydrogen-bond donors (Lipinski definition) is 0. The van der Waals surface area contributed by atoms with Crippen LogP contribution in [0.1, 0.15) is 25.3 Å². The van der Waals surface area contributed by atoms with Gasteiger partial charge in [0.05, 0.1) is 17.0 Å². The van der Waals surface area contributed by atoms with Crippen molar-refractivity contribution in [1.29, 1.82) is 0 Å². The van der Waals surface area contributed by atoms with Gasteiger partial charge in [-0.25, -0.2) is 8.42 Å². The number of amides is 1. The fourth-order valence-electron chi connectivity index (χ4n) is 3.65. The summed E-state index contributed by atoms with van der Waals surface area (Å²) in [5, 5.41) is 0. The van der Waals surface area contributed by atoms with Crippen LogP contribution in [0.4, 0.5) is 13.2 Å². The highest BCUT2D eigenvalue weighted by atomic mass is 32.2. The summed E-state index contributed by atoms with van der Waals surface area (Å²) in [4.78, 5) is 16.1.